The SMILES string of the molecule is CN=CN=C(N)C12CCCC(C1)N2C(=O)OC(C)(C)C. The molecule has 0 radical (unpaired) electrons. The number of piperidine rings is 1. The van der Waals surface area contributed by atoms with Crippen LogP contribution in [0.2, 0.25) is 0 Å². The van der Waals surface area contributed by atoms with E-state index in [1.54, 1.807) is 11.9 Å². The number of amidine groups is 1. The van der Waals surface area contributed by atoms with Crippen LogP contribution < -0.4 is 5.73 Å². The Hall–Kier alpha value is -1.59. The first kappa shape index (κ1) is 14.8. The monoisotopic (exact) mass is 280 g/mol. The van der Waals surface area contributed by atoms with Crippen LogP contribution in [0, 0.1) is 0 Å². The molecule has 1 amide bonds. The highest BCUT2D eigenvalue weighted by molar-refractivity contribution is 5.98. The summed E-state index contributed by atoms with van der Waals surface area (Å²) in [7, 11) is 1.64. The molecule has 3 rings (SSSR count). The minimum atomic E-state index is -0.501. The van der Waals surface area contributed by atoms with E-state index in [4.69, 9.17) is 10.5 Å². The molecule has 112 valence electrons. The van der Waals surface area contributed by atoms with Gasteiger partial charge in [-0.15, -0.1) is 0 Å². The predicted octanol–water partition coefficient (Wildman–Crippen LogP) is 1.93. The van der Waals surface area contributed by atoms with E-state index >= 15 is 0 Å². The zero-order chi connectivity index (χ0) is 15.0. The van der Waals surface area contributed by atoms with Crippen LogP contribution in [0.3, 0.4) is 0 Å². The summed E-state index contributed by atoms with van der Waals surface area (Å²) in [5.41, 5.74) is 5.14. The van der Waals surface area contributed by atoms with Crippen molar-refractivity contribution >= 4 is 18.3 Å². The van der Waals surface area contributed by atoms with Crippen LogP contribution in [0.25, 0.3) is 0 Å². The number of carbonyl (C=O) groups is 1. The number of carbonyl (C=O) groups excluding carboxylic acids is 1. The topological polar surface area (TPSA) is 80.3 Å². The summed E-state index contributed by atoms with van der Waals surface area (Å²) in [6, 6.07) is 0.228. The molecule has 2 saturated heterocycles. The molecule has 3 aliphatic rings. The molecule has 3 fully saturated rings. The van der Waals surface area contributed by atoms with Gasteiger partial charge in [0.05, 0.1) is 0 Å². The Morgan fingerprint density at radius 3 is 2.75 bits per heavy atom. The number of aliphatic imine (C=N–C) groups is 2. The molecule has 6 nitrogen and oxygen atoms in total. The van der Waals surface area contributed by atoms with Crippen molar-refractivity contribution in [2.45, 2.75) is 63.6 Å². The van der Waals surface area contributed by atoms with Gasteiger partial charge in [-0.1, -0.05) is 0 Å². The van der Waals surface area contributed by atoms with Gasteiger partial charge >= 0.3 is 6.09 Å². The zero-order valence-corrected chi connectivity index (χ0v) is 12.7. The first-order valence-corrected chi connectivity index (χ1v) is 7.07. The number of ether oxygens (including phenoxy) is 1. The van der Waals surface area contributed by atoms with E-state index in [2.05, 4.69) is 9.98 Å². The molecule has 2 heterocycles. The summed E-state index contributed by atoms with van der Waals surface area (Å²) in [5, 5.41) is 0. The Bertz CT molecular complexity index is 449. The van der Waals surface area contributed by atoms with Crippen molar-refractivity contribution in [3.63, 3.8) is 0 Å². The van der Waals surface area contributed by atoms with Crippen molar-refractivity contribution in [2.75, 3.05) is 7.05 Å². The van der Waals surface area contributed by atoms with Gasteiger partial charge in [0.25, 0.3) is 0 Å². The highest BCUT2D eigenvalue weighted by Crippen LogP contribution is 2.48. The lowest BCUT2D eigenvalue weighted by atomic mass is 9.67. The van der Waals surface area contributed by atoms with Gasteiger partial charge in [-0.3, -0.25) is 9.89 Å². The molecule has 2 bridgehead atoms. The quantitative estimate of drug-likeness (QED) is 0.620. The van der Waals surface area contributed by atoms with Gasteiger partial charge < -0.3 is 10.5 Å². The Kier molecular flexibility index (Phi) is 3.75. The van der Waals surface area contributed by atoms with Crippen molar-refractivity contribution in [3.8, 4) is 0 Å². The normalized spacial score (nSPS) is 30.3. The zero-order valence-electron chi connectivity index (χ0n) is 12.7. The summed E-state index contributed by atoms with van der Waals surface area (Å²) in [6.45, 7) is 5.61. The fourth-order valence-electron chi connectivity index (χ4n) is 3.13. The summed E-state index contributed by atoms with van der Waals surface area (Å²) >= 11 is 0. The first-order valence-electron chi connectivity index (χ1n) is 7.07. The number of nitrogens with two attached hydrogens (primary N) is 1. The van der Waals surface area contributed by atoms with E-state index in [1.807, 2.05) is 20.8 Å². The number of hydrogen-bond donors (Lipinski definition) is 1. The summed E-state index contributed by atoms with van der Waals surface area (Å²) in [4.78, 5) is 22.2. The van der Waals surface area contributed by atoms with E-state index in [0.29, 0.717) is 5.84 Å². The van der Waals surface area contributed by atoms with E-state index < -0.39 is 11.1 Å². The maximum Gasteiger partial charge on any atom is 0.411 e. The number of hydrogen-bond acceptors (Lipinski definition) is 3. The molecule has 0 aromatic rings. The highest BCUT2D eigenvalue weighted by atomic mass is 16.6. The van der Waals surface area contributed by atoms with Crippen LogP contribution in [0.1, 0.15) is 46.5 Å². The Balaban J connectivity index is 2.21. The van der Waals surface area contributed by atoms with Crippen molar-refractivity contribution in [3.05, 3.63) is 0 Å². The molecule has 2 aliphatic heterocycles. The van der Waals surface area contributed by atoms with Gasteiger partial charge in [0.2, 0.25) is 0 Å². The van der Waals surface area contributed by atoms with Gasteiger partial charge in [0.1, 0.15) is 23.3 Å². The maximum atomic E-state index is 12.4. The molecule has 6 heteroatoms. The average molecular weight is 280 g/mol. The third-order valence-electron chi connectivity index (χ3n) is 3.91. The number of rotatable bonds is 2. The average Bonchev–Trinajstić information content (AvgIpc) is 2.33. The second-order valence-corrected chi connectivity index (χ2v) is 6.52. The van der Waals surface area contributed by atoms with Crippen LogP contribution in [0.5, 0.6) is 0 Å². The lowest BCUT2D eigenvalue weighted by Gasteiger charge is -2.60. The Morgan fingerprint density at radius 2 is 2.20 bits per heavy atom. The maximum absolute atomic E-state index is 12.4. The molecule has 0 aromatic heterocycles. The molecule has 2 N–H and O–H groups in total. The summed E-state index contributed by atoms with van der Waals surface area (Å²) in [5.74, 6) is 0.463. The Labute approximate surface area is 120 Å². The number of amides is 1. The molecule has 1 aliphatic carbocycles. The van der Waals surface area contributed by atoms with Crippen LogP contribution in [-0.4, -0.2) is 47.4 Å². The van der Waals surface area contributed by atoms with Crippen LogP contribution >= 0.6 is 0 Å². The molecular formula is C14H24N4O2. The molecule has 0 aromatic carbocycles. The fourth-order valence-corrected chi connectivity index (χ4v) is 3.13. The predicted molar refractivity (Wildman–Crippen MR) is 79.1 cm³/mol. The van der Waals surface area contributed by atoms with Gasteiger partial charge in [-0.25, -0.2) is 9.79 Å². The minimum Gasteiger partial charge on any atom is -0.444 e. The van der Waals surface area contributed by atoms with Gasteiger partial charge in [0, 0.05) is 13.1 Å². The first-order chi connectivity index (χ1) is 9.30. The van der Waals surface area contributed by atoms with Gasteiger partial charge in [-0.05, 0) is 46.5 Å². The largest absolute Gasteiger partial charge is 0.444 e. The second-order valence-electron chi connectivity index (χ2n) is 6.52. The molecule has 1 saturated carbocycles. The summed E-state index contributed by atoms with van der Waals surface area (Å²) in [6.07, 6.45) is 4.92. The van der Waals surface area contributed by atoms with Crippen molar-refractivity contribution < 1.29 is 9.53 Å². The minimum absolute atomic E-state index is 0.228. The lowest BCUT2D eigenvalue weighted by Crippen LogP contribution is -2.75. The van der Waals surface area contributed by atoms with Gasteiger partial charge in [-0.2, -0.15) is 0 Å². The van der Waals surface area contributed by atoms with Crippen molar-refractivity contribution in [1.82, 2.24) is 4.90 Å². The molecule has 20 heavy (non-hydrogen) atoms. The third kappa shape index (κ3) is 2.51. The number of nitrogens with zero attached hydrogens (tertiary/aromatic N) is 3. The molecule has 0 spiro atoms. The fraction of sp³-hybridized carbons (Fsp3) is 0.786. The highest BCUT2D eigenvalue weighted by Gasteiger charge is 2.59. The lowest BCUT2D eigenvalue weighted by molar-refractivity contribution is -0.0766. The molecular weight excluding hydrogens is 256 g/mol. The van der Waals surface area contributed by atoms with E-state index in [1.165, 1.54) is 6.34 Å². The van der Waals surface area contributed by atoms with Crippen LogP contribution in [-0.2, 0) is 4.74 Å². The van der Waals surface area contributed by atoms with E-state index in [9.17, 15) is 4.79 Å². The van der Waals surface area contributed by atoms with E-state index in [0.717, 1.165) is 25.7 Å². The van der Waals surface area contributed by atoms with Gasteiger partial charge in [0.15, 0.2) is 0 Å². The standard InChI is InChI=1S/C14H24N4O2/c1-13(2,3)20-12(19)18-10-6-5-7-14(18,8-10)11(15)17-9-16-4/h9-10H,5-8H2,1-4H3,(H2,15,16,17). The van der Waals surface area contributed by atoms with E-state index in [-0.39, 0.29) is 12.1 Å². The summed E-state index contributed by atoms with van der Waals surface area (Å²) < 4.78 is 5.50. The third-order valence-corrected chi connectivity index (χ3v) is 3.91. The number of fused-ring (bicyclic) bond motifs is 2. The Morgan fingerprint density at radius 1 is 1.50 bits per heavy atom. The van der Waals surface area contributed by atoms with Crippen LogP contribution in [0.4, 0.5) is 4.79 Å². The smallest absolute Gasteiger partial charge is 0.411 e. The molecule has 2 unspecified atom stereocenters. The van der Waals surface area contributed by atoms with Crippen molar-refractivity contribution in [2.24, 2.45) is 15.7 Å². The molecule has 2 atom stereocenters. The second kappa shape index (κ2) is 5.07. The van der Waals surface area contributed by atoms with Crippen molar-refractivity contribution in [1.29, 1.82) is 0 Å². The van der Waals surface area contributed by atoms with Crippen LogP contribution in [0.15, 0.2) is 9.98 Å².